The van der Waals surface area contributed by atoms with Gasteiger partial charge >= 0.3 is 0 Å². The lowest BCUT2D eigenvalue weighted by molar-refractivity contribution is 0.122. The number of aromatic nitrogens is 3. The van der Waals surface area contributed by atoms with Gasteiger partial charge in [0, 0.05) is 74.2 Å². The molecule has 4 saturated heterocycles. The van der Waals surface area contributed by atoms with Crippen LogP contribution in [-0.2, 0) is 0 Å². The van der Waals surface area contributed by atoms with Gasteiger partial charge in [-0.05, 0) is 169 Å². The fourth-order valence-electron chi connectivity index (χ4n) is 13.5. The highest BCUT2D eigenvalue weighted by molar-refractivity contribution is 7.99. The van der Waals surface area contributed by atoms with Gasteiger partial charge in [-0.15, -0.1) is 0 Å². The van der Waals surface area contributed by atoms with Crippen molar-refractivity contribution in [3.05, 3.63) is 0 Å². The second-order valence-electron chi connectivity index (χ2n) is 25.9. The smallest absolute Gasteiger partial charge is 0.231 e. The summed E-state index contributed by atoms with van der Waals surface area (Å²) in [7, 11) is 0. The molecule has 0 amide bonds. The van der Waals surface area contributed by atoms with Gasteiger partial charge in [0.15, 0.2) is 5.16 Å². The number of piperidine rings is 4. The highest BCUT2D eigenvalue weighted by atomic mass is 32.2. The topological polar surface area (TPSA) is 93.3 Å². The van der Waals surface area contributed by atoms with Crippen molar-refractivity contribution in [1.29, 1.82) is 0 Å². The highest BCUT2D eigenvalue weighted by Crippen LogP contribution is 2.43. The maximum Gasteiger partial charge on any atom is 0.231 e. The largest absolute Gasteiger partial charge is 0.334 e. The third kappa shape index (κ3) is 15.2. The molecule has 10 heteroatoms. The molecule has 9 nitrogen and oxygen atoms in total. The SMILES string of the molecule is CCCCCCCCCCCCSc1nc(N(C2CC(C)(C)NC(C)(C)C2)C2CC(C)(C)NC(C)(C)C2)nc(N(C2CC(C)(C)NC(C)(C)C2)C2CC(C)(C)NC(C)(C)C2)n1. The Labute approximate surface area is 380 Å². The lowest BCUT2D eigenvalue weighted by atomic mass is 9.75. The van der Waals surface area contributed by atoms with Gasteiger partial charge in [-0.2, -0.15) is 15.0 Å². The summed E-state index contributed by atoms with van der Waals surface area (Å²) in [5.41, 5.74) is -0.142. The van der Waals surface area contributed by atoms with E-state index in [0.29, 0.717) is 0 Å². The van der Waals surface area contributed by atoms with Crippen molar-refractivity contribution in [2.75, 3.05) is 15.6 Å². The number of unbranched alkanes of at least 4 members (excludes halogenated alkanes) is 9. The second kappa shape index (κ2) is 19.3. The molecule has 352 valence electrons. The Morgan fingerprint density at radius 1 is 0.393 bits per heavy atom. The van der Waals surface area contributed by atoms with E-state index in [4.69, 9.17) is 15.0 Å². The number of nitrogens with zero attached hydrogens (tertiary/aromatic N) is 5. The minimum absolute atomic E-state index is 0.0177. The van der Waals surface area contributed by atoms with Gasteiger partial charge in [0.2, 0.25) is 11.9 Å². The predicted molar refractivity (Wildman–Crippen MR) is 265 cm³/mol. The zero-order valence-electron chi connectivity index (χ0n) is 42.9. The Bertz CT molecular complexity index is 1330. The summed E-state index contributed by atoms with van der Waals surface area (Å²) in [6.07, 6.45) is 21.8. The van der Waals surface area contributed by atoms with Crippen LogP contribution in [0.5, 0.6) is 0 Å². The Hall–Kier alpha value is -1.20. The maximum absolute atomic E-state index is 5.86. The molecule has 4 N–H and O–H groups in total. The van der Waals surface area contributed by atoms with Crippen LogP contribution in [0, 0.1) is 0 Å². The quantitative estimate of drug-likeness (QED) is 0.0844. The molecule has 61 heavy (non-hydrogen) atoms. The van der Waals surface area contributed by atoms with E-state index in [1.165, 1.54) is 64.2 Å². The van der Waals surface area contributed by atoms with E-state index in [-0.39, 0.29) is 68.5 Å². The zero-order chi connectivity index (χ0) is 45.3. The summed E-state index contributed by atoms with van der Waals surface area (Å²) in [6.45, 7) is 40.6. The van der Waals surface area contributed by atoms with Gasteiger partial charge < -0.3 is 31.1 Å². The van der Waals surface area contributed by atoms with E-state index in [1.54, 1.807) is 0 Å². The second-order valence-corrected chi connectivity index (χ2v) is 26.9. The van der Waals surface area contributed by atoms with Crippen LogP contribution in [0.4, 0.5) is 11.9 Å². The molecule has 0 unspecified atom stereocenters. The van der Waals surface area contributed by atoms with Crippen LogP contribution < -0.4 is 31.1 Å². The molecule has 0 saturated carbocycles. The first-order chi connectivity index (χ1) is 28.0. The lowest BCUT2D eigenvalue weighted by Gasteiger charge is -2.56. The van der Waals surface area contributed by atoms with Crippen LogP contribution in [-0.4, -0.2) is 89.2 Å². The molecule has 4 aliphatic heterocycles. The molecule has 1 aromatic rings. The standard InChI is InChI=1S/C51H97N9S/c1-18-19-20-21-22-23-24-25-26-27-28-61-43-53-41(59(37-29-44(2,3)55-45(4,5)30-37)38-31-46(6,7)56-47(8,9)32-38)52-42(54-43)60(39-33-48(10,11)57-49(12,13)34-39)40-35-50(14,15)58-51(16,17)36-40/h37-40,55-58H,18-36H2,1-17H3. The number of hydrogen-bond donors (Lipinski definition) is 4. The van der Waals surface area contributed by atoms with Crippen LogP contribution in [0.1, 0.15) is 233 Å². The van der Waals surface area contributed by atoms with Crippen molar-refractivity contribution in [3.8, 4) is 0 Å². The van der Waals surface area contributed by atoms with E-state index in [1.807, 2.05) is 11.8 Å². The maximum atomic E-state index is 5.86. The van der Waals surface area contributed by atoms with E-state index in [0.717, 1.165) is 74.2 Å². The molecular formula is C51H97N9S. The van der Waals surface area contributed by atoms with Crippen LogP contribution in [0.15, 0.2) is 5.16 Å². The van der Waals surface area contributed by atoms with Crippen LogP contribution in [0.25, 0.3) is 0 Å². The number of rotatable bonds is 18. The van der Waals surface area contributed by atoms with Gasteiger partial charge in [-0.25, -0.2) is 0 Å². The minimum atomic E-state index is -0.0177. The van der Waals surface area contributed by atoms with Gasteiger partial charge in [-0.1, -0.05) is 76.5 Å². The summed E-state index contributed by atoms with van der Waals surface area (Å²) in [6, 6.07) is 1.16. The number of nitrogens with one attached hydrogen (secondary N) is 4. The summed E-state index contributed by atoms with van der Waals surface area (Å²) in [4.78, 5) is 22.6. The van der Waals surface area contributed by atoms with Gasteiger partial charge in [0.05, 0.1) is 0 Å². The Morgan fingerprint density at radius 2 is 0.639 bits per heavy atom. The van der Waals surface area contributed by atoms with E-state index in [2.05, 4.69) is 149 Å². The fraction of sp³-hybridized carbons (Fsp3) is 0.941. The molecule has 0 atom stereocenters. The first kappa shape index (κ1) is 50.8. The summed E-state index contributed by atoms with van der Waals surface area (Å²) < 4.78 is 0. The number of anilines is 2. The molecule has 0 radical (unpaired) electrons. The molecule has 0 aliphatic carbocycles. The third-order valence-electron chi connectivity index (χ3n) is 14.0. The average Bonchev–Trinajstić information content (AvgIpc) is 3.02. The Morgan fingerprint density at radius 3 is 0.902 bits per heavy atom. The zero-order valence-corrected chi connectivity index (χ0v) is 43.7. The third-order valence-corrected chi connectivity index (χ3v) is 15.0. The molecule has 5 rings (SSSR count). The van der Waals surface area contributed by atoms with Crippen molar-refractivity contribution >= 4 is 23.7 Å². The molecule has 4 aliphatic rings. The fourth-order valence-corrected chi connectivity index (χ4v) is 14.3. The van der Waals surface area contributed by atoms with Crippen molar-refractivity contribution in [3.63, 3.8) is 0 Å². The van der Waals surface area contributed by atoms with Crippen molar-refractivity contribution in [1.82, 2.24) is 36.2 Å². The highest BCUT2D eigenvalue weighted by Gasteiger charge is 2.49. The van der Waals surface area contributed by atoms with Crippen LogP contribution in [0.2, 0.25) is 0 Å². The minimum Gasteiger partial charge on any atom is -0.334 e. The van der Waals surface area contributed by atoms with Gasteiger partial charge in [-0.3, -0.25) is 0 Å². The van der Waals surface area contributed by atoms with Crippen molar-refractivity contribution in [2.45, 2.75) is 307 Å². The first-order valence-corrected chi connectivity index (χ1v) is 26.1. The summed E-state index contributed by atoms with van der Waals surface area (Å²) in [5.74, 6) is 2.84. The normalized spacial score (nSPS) is 25.9. The molecule has 4 fully saturated rings. The predicted octanol–water partition coefficient (Wildman–Crippen LogP) is 11.7. The van der Waals surface area contributed by atoms with Crippen molar-refractivity contribution < 1.29 is 0 Å². The van der Waals surface area contributed by atoms with Crippen LogP contribution >= 0.6 is 11.8 Å². The molecule has 5 heterocycles. The Balaban J connectivity index is 1.60. The average molecular weight is 868 g/mol. The first-order valence-electron chi connectivity index (χ1n) is 25.1. The molecule has 1 aromatic heterocycles. The van der Waals surface area contributed by atoms with Gasteiger partial charge in [0.25, 0.3) is 0 Å². The number of thioether (sulfide) groups is 1. The lowest BCUT2D eigenvalue weighted by Crippen LogP contribution is -2.68. The number of hydrogen-bond acceptors (Lipinski definition) is 10. The Kier molecular flexibility index (Phi) is 16.1. The van der Waals surface area contributed by atoms with Gasteiger partial charge in [0.1, 0.15) is 0 Å². The molecule has 0 bridgehead atoms. The summed E-state index contributed by atoms with van der Waals surface area (Å²) in [5, 5.41) is 16.9. The molecule has 0 aromatic carbocycles. The van der Waals surface area contributed by atoms with Crippen molar-refractivity contribution in [2.24, 2.45) is 0 Å². The van der Waals surface area contributed by atoms with E-state index < -0.39 is 0 Å². The molecular weight excluding hydrogens is 771 g/mol. The molecule has 0 spiro atoms. The summed E-state index contributed by atoms with van der Waals surface area (Å²) >= 11 is 1.88. The monoisotopic (exact) mass is 868 g/mol. The van der Waals surface area contributed by atoms with E-state index in [9.17, 15) is 0 Å². The van der Waals surface area contributed by atoms with E-state index >= 15 is 0 Å². The van der Waals surface area contributed by atoms with Crippen LogP contribution in [0.3, 0.4) is 0 Å².